The predicted molar refractivity (Wildman–Crippen MR) is 94.2 cm³/mol. The van der Waals surface area contributed by atoms with Crippen molar-refractivity contribution in [2.75, 3.05) is 6.61 Å². The number of hydrogen-bond acceptors (Lipinski definition) is 4. The number of aryl methyl sites for hydroxylation is 2. The molecule has 3 atom stereocenters. The van der Waals surface area contributed by atoms with Crippen LogP contribution in [0.15, 0.2) is 34.9 Å². The molecule has 2 amide bonds. The molecule has 0 bridgehead atoms. The fourth-order valence-corrected chi connectivity index (χ4v) is 3.43. The first-order valence-corrected chi connectivity index (χ1v) is 8.71. The van der Waals surface area contributed by atoms with Gasteiger partial charge in [-0.1, -0.05) is 35.5 Å². The molecule has 25 heavy (non-hydrogen) atoms. The number of carbonyl (C=O) groups is 1. The average Bonchev–Trinajstić information content (AvgIpc) is 2.94. The molecule has 6 nitrogen and oxygen atoms in total. The van der Waals surface area contributed by atoms with Crippen LogP contribution in [0.4, 0.5) is 4.79 Å². The smallest absolute Gasteiger partial charge is 0.315 e. The van der Waals surface area contributed by atoms with Crippen LogP contribution in [0, 0.1) is 13.8 Å². The molecular formula is C19H25N3O3. The number of nitrogens with zero attached hydrogens (tertiary/aromatic N) is 1. The molecule has 2 N–H and O–H groups in total. The van der Waals surface area contributed by atoms with Crippen molar-refractivity contribution in [3.05, 3.63) is 52.9 Å². The van der Waals surface area contributed by atoms with E-state index in [-0.39, 0.29) is 24.2 Å². The molecule has 0 radical (unpaired) electrons. The van der Waals surface area contributed by atoms with Gasteiger partial charge in [0.25, 0.3) is 0 Å². The molecule has 6 heteroatoms. The van der Waals surface area contributed by atoms with Gasteiger partial charge in [-0.05, 0) is 39.2 Å². The van der Waals surface area contributed by atoms with Gasteiger partial charge < -0.3 is 19.9 Å². The lowest BCUT2D eigenvalue weighted by molar-refractivity contribution is 0.00222. The van der Waals surface area contributed by atoms with Crippen LogP contribution in [0.3, 0.4) is 0 Å². The third-order valence-electron chi connectivity index (χ3n) is 4.66. The van der Waals surface area contributed by atoms with Gasteiger partial charge in [-0.2, -0.15) is 0 Å². The van der Waals surface area contributed by atoms with Crippen molar-refractivity contribution in [3.63, 3.8) is 0 Å². The molecule has 2 heterocycles. The number of nitrogens with one attached hydrogen (secondary N) is 2. The van der Waals surface area contributed by atoms with Crippen LogP contribution in [-0.4, -0.2) is 23.8 Å². The van der Waals surface area contributed by atoms with Crippen molar-refractivity contribution in [2.24, 2.45) is 0 Å². The van der Waals surface area contributed by atoms with E-state index in [0.29, 0.717) is 6.61 Å². The first-order valence-electron chi connectivity index (χ1n) is 8.71. The van der Waals surface area contributed by atoms with E-state index in [1.807, 2.05) is 39.0 Å². The van der Waals surface area contributed by atoms with Crippen LogP contribution in [0.5, 0.6) is 0 Å². The molecule has 0 spiro atoms. The second-order valence-electron chi connectivity index (χ2n) is 6.57. The minimum absolute atomic E-state index is 0.0280. The number of benzene rings is 1. The second-order valence-corrected chi connectivity index (χ2v) is 6.57. The Bertz CT molecular complexity index is 694. The summed E-state index contributed by atoms with van der Waals surface area (Å²) in [7, 11) is 0. The molecule has 1 fully saturated rings. The van der Waals surface area contributed by atoms with Crippen LogP contribution in [0.1, 0.15) is 54.5 Å². The summed E-state index contributed by atoms with van der Waals surface area (Å²) >= 11 is 0. The summed E-state index contributed by atoms with van der Waals surface area (Å²) in [5.41, 5.74) is 2.89. The highest BCUT2D eigenvalue weighted by Crippen LogP contribution is 2.28. The third-order valence-corrected chi connectivity index (χ3v) is 4.66. The first kappa shape index (κ1) is 17.5. The lowest BCUT2D eigenvalue weighted by Crippen LogP contribution is -2.45. The maximum absolute atomic E-state index is 12.4. The second kappa shape index (κ2) is 7.70. The highest BCUT2D eigenvalue weighted by atomic mass is 16.5. The molecule has 0 saturated carbocycles. The first-order chi connectivity index (χ1) is 12.0. The van der Waals surface area contributed by atoms with Crippen molar-refractivity contribution >= 4 is 6.03 Å². The third kappa shape index (κ3) is 4.20. The number of carbonyl (C=O) groups excluding carboxylic acids is 1. The molecule has 134 valence electrons. The maximum atomic E-state index is 12.4. The van der Waals surface area contributed by atoms with E-state index in [1.165, 1.54) is 0 Å². The molecule has 2 aromatic rings. The standard InChI is InChI=1S/C19H25N3O3/c1-12(18-13(2)22-25-14(18)3)20-19(23)21-16-9-10-24-17(11-16)15-7-5-4-6-8-15/h4-8,12,16-17H,9-11H2,1-3H3,(H2,20,21,23). The Morgan fingerprint density at radius 1 is 1.28 bits per heavy atom. The molecule has 0 aliphatic carbocycles. The SMILES string of the molecule is Cc1noc(C)c1C(C)NC(=O)NC1CCOC(c2ccccc2)C1. The molecule has 1 aromatic carbocycles. The van der Waals surface area contributed by atoms with Crippen molar-refractivity contribution in [3.8, 4) is 0 Å². The molecule has 1 aliphatic heterocycles. The van der Waals surface area contributed by atoms with Crippen molar-refractivity contribution < 1.29 is 14.1 Å². The fourth-order valence-electron chi connectivity index (χ4n) is 3.43. The lowest BCUT2D eigenvalue weighted by Gasteiger charge is -2.30. The Morgan fingerprint density at radius 2 is 2.04 bits per heavy atom. The van der Waals surface area contributed by atoms with E-state index in [0.717, 1.165) is 35.4 Å². The van der Waals surface area contributed by atoms with E-state index < -0.39 is 0 Å². The molecule has 1 aromatic heterocycles. The topological polar surface area (TPSA) is 76.4 Å². The number of rotatable bonds is 4. The van der Waals surface area contributed by atoms with Gasteiger partial charge in [-0.3, -0.25) is 0 Å². The zero-order valence-corrected chi connectivity index (χ0v) is 14.9. The largest absolute Gasteiger partial charge is 0.373 e. The number of amides is 2. The van der Waals surface area contributed by atoms with Crippen LogP contribution in [0.25, 0.3) is 0 Å². The summed E-state index contributed by atoms with van der Waals surface area (Å²) in [6.07, 6.45) is 1.62. The Balaban J connectivity index is 1.56. The normalized spacial score (nSPS) is 21.6. The monoisotopic (exact) mass is 343 g/mol. The minimum Gasteiger partial charge on any atom is -0.373 e. The van der Waals surface area contributed by atoms with E-state index >= 15 is 0 Å². The Morgan fingerprint density at radius 3 is 2.72 bits per heavy atom. The van der Waals surface area contributed by atoms with Crippen molar-refractivity contribution in [1.82, 2.24) is 15.8 Å². The van der Waals surface area contributed by atoms with Gasteiger partial charge in [-0.15, -0.1) is 0 Å². The highest BCUT2D eigenvalue weighted by molar-refractivity contribution is 5.74. The molecule has 3 unspecified atom stereocenters. The van der Waals surface area contributed by atoms with Gasteiger partial charge in [-0.25, -0.2) is 4.79 Å². The Hall–Kier alpha value is -2.34. The molecule has 1 aliphatic rings. The summed E-state index contributed by atoms with van der Waals surface area (Å²) < 4.78 is 11.0. The Kier molecular flexibility index (Phi) is 5.38. The van der Waals surface area contributed by atoms with E-state index in [4.69, 9.17) is 9.26 Å². The van der Waals surface area contributed by atoms with Crippen LogP contribution in [-0.2, 0) is 4.74 Å². The van der Waals surface area contributed by atoms with Gasteiger partial charge in [0.2, 0.25) is 0 Å². The molecular weight excluding hydrogens is 318 g/mol. The van der Waals surface area contributed by atoms with E-state index in [9.17, 15) is 4.79 Å². The average molecular weight is 343 g/mol. The molecule has 1 saturated heterocycles. The number of hydrogen-bond donors (Lipinski definition) is 2. The number of urea groups is 1. The zero-order valence-electron chi connectivity index (χ0n) is 14.9. The summed E-state index contributed by atoms with van der Waals surface area (Å²) in [5, 5.41) is 9.98. The van der Waals surface area contributed by atoms with Crippen molar-refractivity contribution in [1.29, 1.82) is 0 Å². The molecule has 3 rings (SSSR count). The van der Waals surface area contributed by atoms with E-state index in [1.54, 1.807) is 0 Å². The van der Waals surface area contributed by atoms with Gasteiger partial charge >= 0.3 is 6.03 Å². The summed E-state index contributed by atoms with van der Waals surface area (Å²) in [4.78, 5) is 12.4. The maximum Gasteiger partial charge on any atom is 0.315 e. The number of aromatic nitrogens is 1. The number of ether oxygens (including phenoxy) is 1. The summed E-state index contributed by atoms with van der Waals surface area (Å²) in [5.74, 6) is 0.737. The van der Waals surface area contributed by atoms with Gasteiger partial charge in [0, 0.05) is 18.2 Å². The van der Waals surface area contributed by atoms with Crippen LogP contribution >= 0.6 is 0 Å². The van der Waals surface area contributed by atoms with E-state index in [2.05, 4.69) is 27.9 Å². The van der Waals surface area contributed by atoms with Gasteiger partial charge in [0.15, 0.2) is 0 Å². The van der Waals surface area contributed by atoms with Gasteiger partial charge in [0.05, 0.1) is 17.8 Å². The quantitative estimate of drug-likeness (QED) is 0.890. The lowest BCUT2D eigenvalue weighted by atomic mass is 9.97. The fraction of sp³-hybridized carbons (Fsp3) is 0.474. The van der Waals surface area contributed by atoms with Crippen LogP contribution < -0.4 is 10.6 Å². The summed E-state index contributed by atoms with van der Waals surface area (Å²) in [6, 6.07) is 9.89. The van der Waals surface area contributed by atoms with Gasteiger partial charge in [0.1, 0.15) is 5.76 Å². The minimum atomic E-state index is -0.175. The van der Waals surface area contributed by atoms with Crippen LogP contribution in [0.2, 0.25) is 0 Å². The highest BCUT2D eigenvalue weighted by Gasteiger charge is 2.26. The Labute approximate surface area is 147 Å². The predicted octanol–water partition coefficient (Wildman–Crippen LogP) is 3.57. The summed E-state index contributed by atoms with van der Waals surface area (Å²) in [6.45, 7) is 6.31. The van der Waals surface area contributed by atoms with Crippen molar-refractivity contribution in [2.45, 2.75) is 51.8 Å². The zero-order chi connectivity index (χ0) is 17.8.